The Balaban J connectivity index is 2.77. The van der Waals surface area contributed by atoms with Gasteiger partial charge in [-0.2, -0.15) is 0 Å². The largest absolute Gasteiger partial charge is 0.486 e. The van der Waals surface area contributed by atoms with Crippen molar-refractivity contribution >= 4 is 23.2 Å². The number of nitrogens with one attached hydrogen (secondary N) is 1. The van der Waals surface area contributed by atoms with Crippen molar-refractivity contribution in [3.05, 3.63) is 34.1 Å². The van der Waals surface area contributed by atoms with Crippen molar-refractivity contribution in [1.82, 2.24) is 10.3 Å². The highest BCUT2D eigenvalue weighted by Gasteiger charge is 2.05. The second-order valence-corrected chi connectivity index (χ2v) is 3.98. The maximum Gasteiger partial charge on any atom is 0.142 e. The van der Waals surface area contributed by atoms with Crippen LogP contribution in [0, 0.1) is 6.92 Å². The van der Waals surface area contributed by atoms with Gasteiger partial charge in [-0.05, 0) is 26.1 Å². The predicted octanol–water partition coefficient (Wildman–Crippen LogP) is 2.81. The van der Waals surface area contributed by atoms with E-state index in [0.29, 0.717) is 11.6 Å². The molecule has 5 heteroatoms. The van der Waals surface area contributed by atoms with Crippen LogP contribution < -0.4 is 10.1 Å². The molecule has 16 heavy (non-hydrogen) atoms. The fourth-order valence-corrected chi connectivity index (χ4v) is 1.32. The van der Waals surface area contributed by atoms with E-state index in [0.717, 1.165) is 17.1 Å². The van der Waals surface area contributed by atoms with E-state index < -0.39 is 0 Å². The molecule has 0 saturated carbocycles. The zero-order valence-electron chi connectivity index (χ0n) is 9.26. The molecule has 0 spiro atoms. The van der Waals surface area contributed by atoms with Crippen molar-refractivity contribution < 1.29 is 4.74 Å². The van der Waals surface area contributed by atoms with Crippen LogP contribution in [0.2, 0.25) is 0 Å². The Hall–Kier alpha value is -0.770. The molecule has 88 valence electrons. The summed E-state index contributed by atoms with van der Waals surface area (Å²) in [5.74, 6) is 0.719. The average molecular weight is 261 g/mol. The molecule has 0 aliphatic rings. The molecule has 3 nitrogen and oxygen atoms in total. The molecule has 0 saturated heterocycles. The van der Waals surface area contributed by atoms with Crippen LogP contribution in [0.5, 0.6) is 5.75 Å². The summed E-state index contributed by atoms with van der Waals surface area (Å²) in [4.78, 5) is 4.38. The van der Waals surface area contributed by atoms with E-state index in [-0.39, 0.29) is 6.61 Å². The molecule has 0 bridgehead atoms. The first-order chi connectivity index (χ1) is 7.67. The van der Waals surface area contributed by atoms with Gasteiger partial charge in [0, 0.05) is 17.8 Å². The Labute approximate surface area is 105 Å². The van der Waals surface area contributed by atoms with Gasteiger partial charge in [-0.25, -0.2) is 0 Å². The Morgan fingerprint density at radius 2 is 2.31 bits per heavy atom. The van der Waals surface area contributed by atoms with E-state index >= 15 is 0 Å². The van der Waals surface area contributed by atoms with Gasteiger partial charge in [-0.15, -0.1) is 0 Å². The van der Waals surface area contributed by atoms with E-state index in [1.165, 1.54) is 5.54 Å². The Morgan fingerprint density at radius 3 is 2.94 bits per heavy atom. The monoisotopic (exact) mass is 260 g/mol. The minimum Gasteiger partial charge on any atom is -0.486 e. The van der Waals surface area contributed by atoms with Gasteiger partial charge in [-0.1, -0.05) is 23.2 Å². The van der Waals surface area contributed by atoms with Gasteiger partial charge in [0.1, 0.15) is 12.4 Å². The minimum atomic E-state index is 0.256. The summed E-state index contributed by atoms with van der Waals surface area (Å²) in [6.07, 6.45) is 0. The SMILES string of the molecule is CNCc1nc(C)ccc1OCC(Cl)=CCl. The molecule has 0 unspecified atom stereocenters. The number of aromatic nitrogens is 1. The van der Waals surface area contributed by atoms with Gasteiger partial charge in [0.15, 0.2) is 0 Å². The number of halogens is 2. The number of ether oxygens (including phenoxy) is 1. The molecular weight excluding hydrogens is 247 g/mol. The molecule has 1 N–H and O–H groups in total. The summed E-state index contributed by atoms with van der Waals surface area (Å²) in [6.45, 7) is 2.85. The number of rotatable bonds is 5. The fraction of sp³-hybridized carbons (Fsp3) is 0.364. The van der Waals surface area contributed by atoms with Crippen LogP contribution in [-0.4, -0.2) is 18.6 Å². The van der Waals surface area contributed by atoms with Crippen LogP contribution in [0.3, 0.4) is 0 Å². The normalized spacial score (nSPS) is 11.6. The first-order valence-electron chi connectivity index (χ1n) is 4.86. The second-order valence-electron chi connectivity index (χ2n) is 3.27. The molecule has 1 rings (SSSR count). The number of aryl methyl sites for hydroxylation is 1. The third kappa shape index (κ3) is 4.00. The van der Waals surface area contributed by atoms with E-state index in [1.807, 2.05) is 26.1 Å². The van der Waals surface area contributed by atoms with Crippen LogP contribution in [0.1, 0.15) is 11.4 Å². The molecule has 0 aromatic carbocycles. The van der Waals surface area contributed by atoms with E-state index in [9.17, 15) is 0 Å². The molecule has 1 aromatic heterocycles. The van der Waals surface area contributed by atoms with Crippen molar-refractivity contribution in [1.29, 1.82) is 0 Å². The van der Waals surface area contributed by atoms with Crippen molar-refractivity contribution in [2.24, 2.45) is 0 Å². The number of nitrogens with zero attached hydrogens (tertiary/aromatic N) is 1. The highest BCUT2D eigenvalue weighted by Crippen LogP contribution is 2.18. The smallest absolute Gasteiger partial charge is 0.142 e. The van der Waals surface area contributed by atoms with Gasteiger partial charge >= 0.3 is 0 Å². The third-order valence-corrected chi connectivity index (χ3v) is 2.49. The lowest BCUT2D eigenvalue weighted by atomic mass is 10.3. The molecule has 0 fully saturated rings. The quantitative estimate of drug-likeness (QED) is 0.884. The molecule has 1 heterocycles. The molecule has 0 aliphatic carbocycles. The van der Waals surface area contributed by atoms with Gasteiger partial charge < -0.3 is 10.1 Å². The summed E-state index contributed by atoms with van der Waals surface area (Å²) in [5.41, 5.74) is 3.11. The van der Waals surface area contributed by atoms with Crippen molar-refractivity contribution in [2.75, 3.05) is 13.7 Å². The molecule has 0 atom stereocenters. The highest BCUT2D eigenvalue weighted by atomic mass is 35.5. The van der Waals surface area contributed by atoms with Crippen molar-refractivity contribution in [3.8, 4) is 5.75 Å². The Bertz CT molecular complexity index is 380. The molecule has 1 aromatic rings. The lowest BCUT2D eigenvalue weighted by Gasteiger charge is -2.10. The van der Waals surface area contributed by atoms with Crippen LogP contribution >= 0.6 is 23.2 Å². The minimum absolute atomic E-state index is 0.256. The summed E-state index contributed by atoms with van der Waals surface area (Å²) < 4.78 is 5.51. The third-order valence-electron chi connectivity index (χ3n) is 1.90. The van der Waals surface area contributed by atoms with E-state index in [4.69, 9.17) is 27.9 Å². The lowest BCUT2D eigenvalue weighted by Crippen LogP contribution is -2.10. The molecular formula is C11H14Cl2N2O. The number of hydrogen-bond donors (Lipinski definition) is 1. The molecule has 0 radical (unpaired) electrons. The molecule has 0 aliphatic heterocycles. The summed E-state index contributed by atoms with van der Waals surface area (Å²) in [6, 6.07) is 3.78. The van der Waals surface area contributed by atoms with E-state index in [1.54, 1.807) is 0 Å². The van der Waals surface area contributed by atoms with Crippen LogP contribution in [0.4, 0.5) is 0 Å². The zero-order valence-corrected chi connectivity index (χ0v) is 10.8. The first kappa shape index (κ1) is 13.3. The summed E-state index contributed by atoms with van der Waals surface area (Å²) in [7, 11) is 1.86. The van der Waals surface area contributed by atoms with Gasteiger partial charge in [0.05, 0.1) is 10.7 Å². The van der Waals surface area contributed by atoms with Crippen molar-refractivity contribution in [2.45, 2.75) is 13.5 Å². The predicted molar refractivity (Wildman–Crippen MR) is 67.0 cm³/mol. The van der Waals surface area contributed by atoms with Crippen LogP contribution in [0.25, 0.3) is 0 Å². The van der Waals surface area contributed by atoms with Gasteiger partial charge in [-0.3, -0.25) is 4.98 Å². The number of pyridine rings is 1. The highest BCUT2D eigenvalue weighted by molar-refractivity contribution is 6.36. The fourth-order valence-electron chi connectivity index (χ4n) is 1.20. The summed E-state index contributed by atoms with van der Waals surface area (Å²) >= 11 is 11.2. The Kier molecular flexibility index (Phi) is 5.60. The Morgan fingerprint density at radius 1 is 1.56 bits per heavy atom. The standard InChI is InChI=1S/C11H14Cl2N2O/c1-8-3-4-11(10(15-8)6-14-2)16-7-9(13)5-12/h3-5,14H,6-7H2,1-2H3. The lowest BCUT2D eigenvalue weighted by molar-refractivity contribution is 0.352. The zero-order chi connectivity index (χ0) is 12.0. The first-order valence-corrected chi connectivity index (χ1v) is 5.67. The number of hydrogen-bond acceptors (Lipinski definition) is 3. The van der Waals surface area contributed by atoms with Crippen molar-refractivity contribution in [3.63, 3.8) is 0 Å². The van der Waals surface area contributed by atoms with Gasteiger partial charge in [0.2, 0.25) is 0 Å². The maximum atomic E-state index is 5.74. The van der Waals surface area contributed by atoms with E-state index in [2.05, 4.69) is 10.3 Å². The van der Waals surface area contributed by atoms with Crippen LogP contribution in [-0.2, 0) is 6.54 Å². The maximum absolute atomic E-state index is 5.74. The van der Waals surface area contributed by atoms with Gasteiger partial charge in [0.25, 0.3) is 0 Å². The molecule has 0 amide bonds. The topological polar surface area (TPSA) is 34.2 Å². The van der Waals surface area contributed by atoms with Crippen LogP contribution in [0.15, 0.2) is 22.7 Å². The summed E-state index contributed by atoms with van der Waals surface area (Å²) in [5, 5.41) is 3.49. The second kappa shape index (κ2) is 6.74. The average Bonchev–Trinajstić information content (AvgIpc) is 2.28.